The summed E-state index contributed by atoms with van der Waals surface area (Å²) >= 11 is 0. The summed E-state index contributed by atoms with van der Waals surface area (Å²) in [4.78, 5) is 15.5. The fraction of sp³-hybridized carbons (Fsp3) is 0.655. The van der Waals surface area contributed by atoms with E-state index in [0.29, 0.717) is 31.7 Å². The summed E-state index contributed by atoms with van der Waals surface area (Å²) in [7, 11) is 1.97. The van der Waals surface area contributed by atoms with Crippen molar-refractivity contribution in [2.24, 2.45) is 24.8 Å². The molecule has 1 unspecified atom stereocenters. The average Bonchev–Trinajstić information content (AvgIpc) is 3.53. The molecule has 2 aliphatic rings. The van der Waals surface area contributed by atoms with Gasteiger partial charge >= 0.3 is 5.97 Å². The SMILES string of the molecule is CC(C)NCC(O)COc1ccc(CCOCC2CC2)cc1.CC[C@H]1C(=O)OC[C@H]1Cc1cncn1C. The molecule has 2 fully saturated rings. The summed E-state index contributed by atoms with van der Waals surface area (Å²) in [6.07, 6.45) is 8.51. The van der Waals surface area contributed by atoms with Gasteiger partial charge in [0, 0.05) is 44.0 Å². The minimum Gasteiger partial charge on any atom is -0.491 e. The Bertz CT molecular complexity index is 926. The van der Waals surface area contributed by atoms with Crippen molar-refractivity contribution in [3.8, 4) is 5.75 Å². The second-order valence-electron chi connectivity index (χ2n) is 10.5. The Kier molecular flexibility index (Phi) is 11.9. The van der Waals surface area contributed by atoms with Crippen molar-refractivity contribution in [2.45, 2.75) is 65.0 Å². The molecule has 0 bridgehead atoms. The van der Waals surface area contributed by atoms with Gasteiger partial charge in [0.2, 0.25) is 0 Å². The van der Waals surface area contributed by atoms with Crippen molar-refractivity contribution in [3.63, 3.8) is 0 Å². The lowest BCUT2D eigenvalue weighted by molar-refractivity contribution is -0.141. The first kappa shape index (κ1) is 29.1. The Labute approximate surface area is 221 Å². The molecule has 2 N–H and O–H groups in total. The van der Waals surface area contributed by atoms with Crippen LogP contribution in [0.25, 0.3) is 0 Å². The van der Waals surface area contributed by atoms with Crippen LogP contribution in [0.1, 0.15) is 51.3 Å². The Morgan fingerprint density at radius 1 is 1.24 bits per heavy atom. The second kappa shape index (κ2) is 15.1. The summed E-state index contributed by atoms with van der Waals surface area (Å²) in [5.41, 5.74) is 2.42. The van der Waals surface area contributed by atoms with Gasteiger partial charge in [-0.2, -0.15) is 0 Å². The third-order valence-electron chi connectivity index (χ3n) is 6.85. The van der Waals surface area contributed by atoms with Crippen LogP contribution >= 0.6 is 0 Å². The second-order valence-corrected chi connectivity index (χ2v) is 10.5. The van der Waals surface area contributed by atoms with Gasteiger partial charge in [0.15, 0.2) is 0 Å². The van der Waals surface area contributed by atoms with Crippen LogP contribution in [0.15, 0.2) is 36.8 Å². The number of nitrogens with zero attached hydrogens (tertiary/aromatic N) is 2. The van der Waals surface area contributed by atoms with Gasteiger partial charge in [-0.1, -0.05) is 32.9 Å². The average molecular weight is 516 g/mol. The number of cyclic esters (lactones) is 1. The van der Waals surface area contributed by atoms with E-state index in [0.717, 1.165) is 49.8 Å². The van der Waals surface area contributed by atoms with Crippen LogP contribution in [-0.2, 0) is 34.2 Å². The lowest BCUT2D eigenvalue weighted by atomic mass is 9.89. The van der Waals surface area contributed by atoms with E-state index in [1.807, 2.05) is 36.9 Å². The molecule has 1 saturated heterocycles. The maximum absolute atomic E-state index is 11.4. The zero-order valence-electron chi connectivity index (χ0n) is 22.9. The number of aryl methyl sites for hydroxylation is 1. The predicted octanol–water partition coefficient (Wildman–Crippen LogP) is 3.56. The lowest BCUT2D eigenvalue weighted by Crippen LogP contribution is -2.35. The van der Waals surface area contributed by atoms with Crippen LogP contribution < -0.4 is 10.1 Å². The number of rotatable bonds is 14. The molecule has 1 saturated carbocycles. The van der Waals surface area contributed by atoms with E-state index in [2.05, 4.69) is 36.3 Å². The third-order valence-corrected chi connectivity index (χ3v) is 6.85. The van der Waals surface area contributed by atoms with Crippen molar-refractivity contribution < 1.29 is 24.1 Å². The third kappa shape index (κ3) is 10.5. The number of hydrogen-bond acceptors (Lipinski definition) is 7. The summed E-state index contributed by atoms with van der Waals surface area (Å²) in [6.45, 7) is 9.27. The van der Waals surface area contributed by atoms with Gasteiger partial charge in [-0.3, -0.25) is 4.79 Å². The van der Waals surface area contributed by atoms with Crippen LogP contribution in [0.4, 0.5) is 0 Å². The minimum absolute atomic E-state index is 0.0373. The smallest absolute Gasteiger partial charge is 0.309 e. The van der Waals surface area contributed by atoms with Crippen LogP contribution in [-0.4, -0.2) is 65.7 Å². The number of carbonyl (C=O) groups is 1. The van der Waals surface area contributed by atoms with E-state index in [1.54, 1.807) is 6.33 Å². The molecule has 8 heteroatoms. The Morgan fingerprint density at radius 2 is 2.00 bits per heavy atom. The van der Waals surface area contributed by atoms with Crippen molar-refractivity contribution in [2.75, 3.05) is 33.0 Å². The number of aliphatic hydroxyl groups is 1. The maximum Gasteiger partial charge on any atom is 0.309 e. The number of esters is 1. The van der Waals surface area contributed by atoms with Crippen LogP contribution in [0.2, 0.25) is 0 Å². The van der Waals surface area contributed by atoms with Crippen LogP contribution in [0.3, 0.4) is 0 Å². The van der Waals surface area contributed by atoms with Crippen molar-refractivity contribution in [1.29, 1.82) is 0 Å². The molecular weight excluding hydrogens is 470 g/mol. The highest BCUT2D eigenvalue weighted by Crippen LogP contribution is 2.29. The van der Waals surface area contributed by atoms with Crippen LogP contribution in [0, 0.1) is 17.8 Å². The van der Waals surface area contributed by atoms with E-state index < -0.39 is 6.10 Å². The first-order valence-corrected chi connectivity index (χ1v) is 13.7. The zero-order chi connectivity index (χ0) is 26.6. The Hall–Kier alpha value is -2.42. The predicted molar refractivity (Wildman–Crippen MR) is 143 cm³/mol. The molecule has 0 spiro atoms. The molecule has 1 aromatic heterocycles. The molecule has 206 valence electrons. The molecule has 2 aromatic rings. The maximum atomic E-state index is 11.4. The molecule has 2 heterocycles. The first-order chi connectivity index (χ1) is 17.9. The summed E-state index contributed by atoms with van der Waals surface area (Å²) in [5, 5.41) is 13.0. The summed E-state index contributed by atoms with van der Waals surface area (Å²) in [6, 6.07) is 8.41. The van der Waals surface area contributed by atoms with E-state index in [1.165, 1.54) is 18.4 Å². The topological polar surface area (TPSA) is 94.8 Å². The number of nitrogens with one attached hydrogen (secondary N) is 1. The molecule has 0 amide bonds. The lowest BCUT2D eigenvalue weighted by Gasteiger charge is -2.15. The molecule has 37 heavy (non-hydrogen) atoms. The molecule has 1 aromatic carbocycles. The number of imidazole rings is 1. The number of hydrogen-bond donors (Lipinski definition) is 2. The fourth-order valence-corrected chi connectivity index (χ4v) is 4.26. The van der Waals surface area contributed by atoms with E-state index in [4.69, 9.17) is 14.2 Å². The molecule has 0 radical (unpaired) electrons. The van der Waals surface area contributed by atoms with E-state index in [9.17, 15) is 9.90 Å². The highest BCUT2D eigenvalue weighted by atomic mass is 16.5. The quantitative estimate of drug-likeness (QED) is 0.293. The molecule has 1 aliphatic carbocycles. The van der Waals surface area contributed by atoms with Crippen molar-refractivity contribution >= 4 is 5.97 Å². The fourth-order valence-electron chi connectivity index (χ4n) is 4.26. The molecule has 8 nitrogen and oxygen atoms in total. The first-order valence-electron chi connectivity index (χ1n) is 13.7. The number of aliphatic hydroxyl groups excluding tert-OH is 1. The summed E-state index contributed by atoms with van der Waals surface area (Å²) in [5.74, 6) is 1.97. The van der Waals surface area contributed by atoms with Crippen molar-refractivity contribution in [1.82, 2.24) is 14.9 Å². The number of benzene rings is 1. The Morgan fingerprint density at radius 3 is 2.62 bits per heavy atom. The van der Waals surface area contributed by atoms with Gasteiger partial charge in [-0.25, -0.2) is 4.98 Å². The number of ether oxygens (including phenoxy) is 3. The zero-order valence-corrected chi connectivity index (χ0v) is 22.9. The molecular formula is C29H45N3O5. The van der Waals surface area contributed by atoms with Gasteiger partial charge in [0.05, 0.1) is 25.5 Å². The number of carbonyl (C=O) groups excluding carboxylic acids is 1. The number of aromatic nitrogens is 2. The van der Waals surface area contributed by atoms with Gasteiger partial charge in [0.1, 0.15) is 18.5 Å². The van der Waals surface area contributed by atoms with Gasteiger partial charge < -0.3 is 29.2 Å². The van der Waals surface area contributed by atoms with Gasteiger partial charge in [-0.05, 0) is 55.7 Å². The van der Waals surface area contributed by atoms with Crippen molar-refractivity contribution in [3.05, 3.63) is 48.0 Å². The van der Waals surface area contributed by atoms with E-state index >= 15 is 0 Å². The molecule has 1 aliphatic heterocycles. The van der Waals surface area contributed by atoms with Crippen LogP contribution in [0.5, 0.6) is 5.75 Å². The Balaban J connectivity index is 0.000000220. The highest BCUT2D eigenvalue weighted by molar-refractivity contribution is 5.74. The normalized spacial score (nSPS) is 19.9. The monoisotopic (exact) mass is 515 g/mol. The standard InChI is InChI=1S/C18H29NO3.C11H16N2O2/c1-14(2)19-11-17(20)13-22-18-7-5-15(6-8-18)9-10-21-12-16-3-4-16;1-3-10-8(6-15-11(10)14)4-9-5-12-7-13(9)2/h5-8,14,16-17,19-20H,3-4,9-13H2,1-2H3;5,7-8,10H,3-4,6H2,1-2H3/t;8-,10-/m.1/s1. The molecule has 4 rings (SSSR count). The molecule has 3 atom stereocenters. The van der Waals surface area contributed by atoms with Gasteiger partial charge in [0.25, 0.3) is 0 Å². The van der Waals surface area contributed by atoms with Gasteiger partial charge in [-0.15, -0.1) is 0 Å². The highest BCUT2D eigenvalue weighted by Gasteiger charge is 2.35. The summed E-state index contributed by atoms with van der Waals surface area (Å²) < 4.78 is 18.3. The minimum atomic E-state index is -0.488. The largest absolute Gasteiger partial charge is 0.491 e. The van der Waals surface area contributed by atoms with E-state index in [-0.39, 0.29) is 11.9 Å².